The third-order valence-electron chi connectivity index (χ3n) is 1.60. The minimum atomic E-state index is 0.888. The molecule has 1 radical (unpaired) electrons. The van der Waals surface area contributed by atoms with Crippen molar-refractivity contribution in [3.63, 3.8) is 0 Å². The molecule has 1 aromatic carbocycles. The van der Waals surface area contributed by atoms with Crippen molar-refractivity contribution in [3.05, 3.63) is 29.8 Å². The van der Waals surface area contributed by atoms with Crippen LogP contribution in [-0.2, 0) is 0 Å². The first-order valence-electron chi connectivity index (χ1n) is 3.94. The molecule has 1 aliphatic heterocycles. The Morgan fingerprint density at radius 1 is 1.42 bits per heavy atom. The van der Waals surface area contributed by atoms with E-state index in [2.05, 4.69) is 12.2 Å². The SMILES string of the molecule is CCS[C]1Nc2ccccc2O1. The van der Waals surface area contributed by atoms with E-state index in [1.54, 1.807) is 11.8 Å². The van der Waals surface area contributed by atoms with Crippen molar-refractivity contribution in [1.82, 2.24) is 0 Å². The van der Waals surface area contributed by atoms with Gasteiger partial charge in [0.15, 0.2) is 0 Å². The van der Waals surface area contributed by atoms with Gasteiger partial charge in [-0.1, -0.05) is 30.8 Å². The van der Waals surface area contributed by atoms with Crippen molar-refractivity contribution in [1.29, 1.82) is 0 Å². The number of anilines is 1. The molecular formula is C9H10NOS. The maximum Gasteiger partial charge on any atom is 0.299 e. The molecule has 0 aliphatic carbocycles. The molecule has 1 aromatic rings. The Hall–Kier alpha value is -0.830. The highest BCUT2D eigenvalue weighted by Crippen LogP contribution is 2.38. The minimum absolute atomic E-state index is 0.888. The van der Waals surface area contributed by atoms with E-state index in [0.29, 0.717) is 0 Å². The third kappa shape index (κ3) is 1.37. The zero-order chi connectivity index (χ0) is 8.39. The van der Waals surface area contributed by atoms with Crippen LogP contribution >= 0.6 is 11.8 Å². The topological polar surface area (TPSA) is 21.3 Å². The predicted octanol–water partition coefficient (Wildman–Crippen LogP) is 2.69. The van der Waals surface area contributed by atoms with Crippen LogP contribution in [0.2, 0.25) is 0 Å². The van der Waals surface area contributed by atoms with Gasteiger partial charge in [-0.2, -0.15) is 0 Å². The Morgan fingerprint density at radius 2 is 2.25 bits per heavy atom. The summed E-state index contributed by atoms with van der Waals surface area (Å²) in [7, 11) is 0. The molecule has 2 rings (SSSR count). The first-order valence-corrected chi connectivity index (χ1v) is 4.92. The van der Waals surface area contributed by atoms with Crippen LogP contribution in [0.4, 0.5) is 5.69 Å². The zero-order valence-corrected chi connectivity index (χ0v) is 7.65. The molecule has 0 saturated carbocycles. The summed E-state index contributed by atoms with van der Waals surface area (Å²) < 4.78 is 5.52. The van der Waals surface area contributed by atoms with Crippen LogP contribution in [0.15, 0.2) is 24.3 Å². The molecule has 0 amide bonds. The highest BCUT2D eigenvalue weighted by atomic mass is 32.2. The molecule has 0 fully saturated rings. The summed E-state index contributed by atoms with van der Waals surface area (Å²) in [6.07, 6.45) is 0. The smallest absolute Gasteiger partial charge is 0.299 e. The molecule has 0 aromatic heterocycles. The summed E-state index contributed by atoms with van der Waals surface area (Å²) in [6.45, 7) is 2.10. The van der Waals surface area contributed by atoms with E-state index in [9.17, 15) is 0 Å². The van der Waals surface area contributed by atoms with Crippen molar-refractivity contribution >= 4 is 17.4 Å². The van der Waals surface area contributed by atoms with Crippen molar-refractivity contribution in [2.24, 2.45) is 0 Å². The fraction of sp³-hybridized carbons (Fsp3) is 0.222. The van der Waals surface area contributed by atoms with E-state index in [1.165, 1.54) is 0 Å². The average molecular weight is 180 g/mol. The first-order chi connectivity index (χ1) is 5.90. The number of benzene rings is 1. The summed E-state index contributed by atoms with van der Waals surface area (Å²) in [5.41, 5.74) is 1.95. The number of thioether (sulfide) groups is 1. The van der Waals surface area contributed by atoms with Crippen LogP contribution in [0.25, 0.3) is 0 Å². The highest BCUT2D eigenvalue weighted by molar-refractivity contribution is 8.02. The Bertz CT molecular complexity index is 252. The maximum atomic E-state index is 5.52. The number of hydrogen-bond acceptors (Lipinski definition) is 3. The maximum absolute atomic E-state index is 5.52. The van der Waals surface area contributed by atoms with Gasteiger partial charge in [0.25, 0.3) is 5.56 Å². The van der Waals surface area contributed by atoms with Gasteiger partial charge >= 0.3 is 0 Å². The molecule has 3 heteroatoms. The van der Waals surface area contributed by atoms with Gasteiger partial charge < -0.3 is 10.1 Å². The van der Waals surface area contributed by atoms with Gasteiger partial charge in [0.2, 0.25) is 0 Å². The van der Waals surface area contributed by atoms with Crippen LogP contribution in [-0.4, -0.2) is 5.75 Å². The van der Waals surface area contributed by atoms with E-state index in [1.807, 2.05) is 24.3 Å². The molecule has 0 unspecified atom stereocenters. The summed E-state index contributed by atoms with van der Waals surface area (Å²) in [5.74, 6) is 1.95. The van der Waals surface area contributed by atoms with E-state index < -0.39 is 0 Å². The molecule has 1 heterocycles. The molecule has 0 atom stereocenters. The van der Waals surface area contributed by atoms with Crippen LogP contribution in [0.3, 0.4) is 0 Å². The van der Waals surface area contributed by atoms with Gasteiger partial charge in [-0.05, 0) is 17.9 Å². The average Bonchev–Trinajstić information content (AvgIpc) is 2.47. The molecule has 1 aliphatic rings. The normalized spacial score (nSPS) is 15.1. The number of rotatable bonds is 2. The summed E-state index contributed by atoms with van der Waals surface area (Å²) in [6, 6.07) is 7.94. The fourth-order valence-electron chi connectivity index (χ4n) is 1.09. The summed E-state index contributed by atoms with van der Waals surface area (Å²) in [5, 5.41) is 3.19. The van der Waals surface area contributed by atoms with Crippen molar-refractivity contribution in [2.75, 3.05) is 11.1 Å². The number of ether oxygens (including phenoxy) is 1. The van der Waals surface area contributed by atoms with Crippen molar-refractivity contribution in [3.8, 4) is 5.75 Å². The number of fused-ring (bicyclic) bond motifs is 1. The van der Waals surface area contributed by atoms with Gasteiger partial charge in [-0.3, -0.25) is 0 Å². The lowest BCUT2D eigenvalue weighted by molar-refractivity contribution is 0.426. The quantitative estimate of drug-likeness (QED) is 0.756. The van der Waals surface area contributed by atoms with Crippen molar-refractivity contribution < 1.29 is 4.74 Å². The zero-order valence-electron chi connectivity index (χ0n) is 6.83. The molecule has 0 bridgehead atoms. The standard InChI is InChI=1S/C9H10NOS/c1-2-12-9-10-7-5-3-4-6-8(7)11-9/h3-6,10H,2H2,1H3. The van der Waals surface area contributed by atoms with Gasteiger partial charge in [0.05, 0.1) is 5.69 Å². The number of nitrogens with one attached hydrogen (secondary N) is 1. The molecule has 12 heavy (non-hydrogen) atoms. The van der Waals surface area contributed by atoms with Crippen molar-refractivity contribution in [2.45, 2.75) is 6.92 Å². The second-order valence-corrected chi connectivity index (χ2v) is 3.68. The molecular weight excluding hydrogens is 170 g/mol. The van der Waals surface area contributed by atoms with Crippen LogP contribution in [0.1, 0.15) is 6.92 Å². The largest absolute Gasteiger partial charge is 0.450 e. The lowest BCUT2D eigenvalue weighted by Crippen LogP contribution is -2.04. The fourth-order valence-corrected chi connectivity index (χ4v) is 1.68. The Balaban J connectivity index is 2.11. The lowest BCUT2D eigenvalue weighted by Gasteiger charge is -2.04. The summed E-state index contributed by atoms with van der Waals surface area (Å²) >= 11 is 1.68. The van der Waals surface area contributed by atoms with E-state index in [-0.39, 0.29) is 0 Å². The Labute approximate surface area is 76.3 Å². The van der Waals surface area contributed by atoms with Gasteiger partial charge in [-0.25, -0.2) is 0 Å². The molecule has 2 nitrogen and oxygen atoms in total. The Morgan fingerprint density at radius 3 is 3.00 bits per heavy atom. The second-order valence-electron chi connectivity index (χ2n) is 2.44. The first kappa shape index (κ1) is 7.80. The van der Waals surface area contributed by atoms with E-state index >= 15 is 0 Å². The number of hydrogen-bond donors (Lipinski definition) is 1. The van der Waals surface area contributed by atoms with Gasteiger partial charge in [-0.15, -0.1) is 0 Å². The van der Waals surface area contributed by atoms with Gasteiger partial charge in [0.1, 0.15) is 5.75 Å². The molecule has 0 saturated heterocycles. The Kier molecular flexibility index (Phi) is 2.13. The third-order valence-corrected chi connectivity index (χ3v) is 2.34. The van der Waals surface area contributed by atoms with Crippen LogP contribution in [0, 0.1) is 5.56 Å². The van der Waals surface area contributed by atoms with Gasteiger partial charge in [0, 0.05) is 0 Å². The second kappa shape index (κ2) is 3.27. The lowest BCUT2D eigenvalue weighted by atomic mass is 10.3. The monoisotopic (exact) mass is 180 g/mol. The minimum Gasteiger partial charge on any atom is -0.450 e. The van der Waals surface area contributed by atoms with E-state index in [0.717, 1.165) is 22.7 Å². The molecule has 63 valence electrons. The summed E-state index contributed by atoms with van der Waals surface area (Å²) in [4.78, 5) is 0. The highest BCUT2D eigenvalue weighted by Gasteiger charge is 2.22. The van der Waals surface area contributed by atoms with Crippen LogP contribution < -0.4 is 10.1 Å². The molecule has 1 N–H and O–H groups in total. The number of para-hydroxylation sites is 2. The predicted molar refractivity (Wildman–Crippen MR) is 52.1 cm³/mol. The van der Waals surface area contributed by atoms with E-state index in [4.69, 9.17) is 4.74 Å². The molecule has 0 spiro atoms. The van der Waals surface area contributed by atoms with Crippen LogP contribution in [0.5, 0.6) is 5.75 Å².